The van der Waals surface area contributed by atoms with Gasteiger partial charge in [0.2, 0.25) is 0 Å². The van der Waals surface area contributed by atoms with E-state index in [0.29, 0.717) is 0 Å². The Bertz CT molecular complexity index is 286. The summed E-state index contributed by atoms with van der Waals surface area (Å²) in [5, 5.41) is 0. The summed E-state index contributed by atoms with van der Waals surface area (Å²) >= 11 is 0. The Morgan fingerprint density at radius 2 is 1.30 bits per heavy atom. The van der Waals surface area contributed by atoms with Crippen molar-refractivity contribution in [2.24, 2.45) is 0 Å². The molecule has 0 unspecified atom stereocenters. The van der Waals surface area contributed by atoms with Gasteiger partial charge in [-0.05, 0) is 25.7 Å². The van der Waals surface area contributed by atoms with Gasteiger partial charge in [0.15, 0.2) is 0 Å². The number of ether oxygens (including phenoxy) is 4. The first kappa shape index (κ1) is 15.3. The summed E-state index contributed by atoms with van der Waals surface area (Å²) in [4.78, 5) is 22.9. The highest BCUT2D eigenvalue weighted by Crippen LogP contribution is 2.13. The predicted octanol–water partition coefficient (Wildman–Crippen LogP) is 1.21. The highest BCUT2D eigenvalue weighted by Gasteiger charge is 2.19. The standard InChI is InChI=1S/C14H22O6/c15-13(19-9-11-3-1-7-17-11)5-6-14(16)20-10-12-4-2-8-18-12/h11-12H,1-10H2/t11-,12+. The Morgan fingerprint density at radius 1 is 0.850 bits per heavy atom. The van der Waals surface area contributed by atoms with E-state index in [1.54, 1.807) is 0 Å². The molecule has 2 aliphatic rings. The molecule has 0 spiro atoms. The lowest BCUT2D eigenvalue weighted by Crippen LogP contribution is -2.20. The zero-order valence-corrected chi connectivity index (χ0v) is 11.7. The molecule has 20 heavy (non-hydrogen) atoms. The number of rotatable bonds is 7. The van der Waals surface area contributed by atoms with Gasteiger partial charge in [-0.15, -0.1) is 0 Å². The van der Waals surface area contributed by atoms with Crippen LogP contribution in [0, 0.1) is 0 Å². The van der Waals surface area contributed by atoms with E-state index < -0.39 is 0 Å². The monoisotopic (exact) mass is 286 g/mol. The molecular weight excluding hydrogens is 264 g/mol. The Kier molecular flexibility index (Phi) is 6.26. The Hall–Kier alpha value is -1.14. The summed E-state index contributed by atoms with van der Waals surface area (Å²) in [6.45, 7) is 2.03. The van der Waals surface area contributed by atoms with Crippen LogP contribution in [0.4, 0.5) is 0 Å². The fraction of sp³-hybridized carbons (Fsp3) is 0.857. The van der Waals surface area contributed by atoms with Crippen LogP contribution in [0.25, 0.3) is 0 Å². The maximum atomic E-state index is 11.5. The third-order valence-electron chi connectivity index (χ3n) is 3.44. The van der Waals surface area contributed by atoms with Crippen molar-refractivity contribution >= 4 is 11.9 Å². The molecular formula is C14H22O6. The molecule has 2 fully saturated rings. The van der Waals surface area contributed by atoms with Crippen molar-refractivity contribution in [1.29, 1.82) is 0 Å². The molecule has 0 N–H and O–H groups in total. The zero-order valence-electron chi connectivity index (χ0n) is 11.7. The number of hydrogen-bond acceptors (Lipinski definition) is 6. The van der Waals surface area contributed by atoms with Gasteiger partial charge in [0, 0.05) is 13.2 Å². The van der Waals surface area contributed by atoms with Gasteiger partial charge in [-0.2, -0.15) is 0 Å². The fourth-order valence-electron chi connectivity index (χ4n) is 2.27. The molecule has 2 aliphatic heterocycles. The van der Waals surface area contributed by atoms with Gasteiger partial charge in [0.05, 0.1) is 25.0 Å². The van der Waals surface area contributed by atoms with Crippen molar-refractivity contribution in [3.63, 3.8) is 0 Å². The normalized spacial score (nSPS) is 25.6. The zero-order chi connectivity index (χ0) is 14.2. The number of carbonyl (C=O) groups excluding carboxylic acids is 2. The summed E-state index contributed by atoms with van der Waals surface area (Å²) in [5.74, 6) is -0.760. The molecule has 0 bridgehead atoms. The molecule has 2 rings (SSSR count). The largest absolute Gasteiger partial charge is 0.463 e. The molecule has 0 saturated carbocycles. The minimum atomic E-state index is -0.380. The van der Waals surface area contributed by atoms with Crippen molar-refractivity contribution in [1.82, 2.24) is 0 Å². The van der Waals surface area contributed by atoms with E-state index in [-0.39, 0.29) is 50.2 Å². The molecule has 0 aromatic rings. The van der Waals surface area contributed by atoms with Gasteiger partial charge in [0.25, 0.3) is 0 Å². The molecule has 0 aromatic heterocycles. The van der Waals surface area contributed by atoms with Crippen molar-refractivity contribution < 1.29 is 28.5 Å². The maximum Gasteiger partial charge on any atom is 0.306 e. The first-order chi connectivity index (χ1) is 9.74. The van der Waals surface area contributed by atoms with Gasteiger partial charge < -0.3 is 18.9 Å². The molecule has 0 amide bonds. The van der Waals surface area contributed by atoms with Crippen LogP contribution in [-0.2, 0) is 28.5 Å². The molecule has 6 heteroatoms. The fourth-order valence-corrected chi connectivity index (χ4v) is 2.27. The van der Waals surface area contributed by atoms with Crippen LogP contribution in [0.5, 0.6) is 0 Å². The molecule has 2 heterocycles. The number of esters is 2. The summed E-state index contributed by atoms with van der Waals surface area (Å²) in [6, 6.07) is 0. The summed E-state index contributed by atoms with van der Waals surface area (Å²) in [7, 11) is 0. The van der Waals surface area contributed by atoms with Crippen molar-refractivity contribution in [3.05, 3.63) is 0 Å². The minimum absolute atomic E-state index is 0.0189. The first-order valence-electron chi connectivity index (χ1n) is 7.28. The maximum absolute atomic E-state index is 11.5. The third kappa shape index (κ3) is 5.46. The number of hydrogen-bond donors (Lipinski definition) is 0. The van der Waals surface area contributed by atoms with Crippen LogP contribution in [0.3, 0.4) is 0 Å². The summed E-state index contributed by atoms with van der Waals surface area (Å²) in [6.07, 6.45) is 4.02. The lowest BCUT2D eigenvalue weighted by molar-refractivity contribution is -0.153. The summed E-state index contributed by atoms with van der Waals surface area (Å²) in [5.41, 5.74) is 0. The van der Waals surface area contributed by atoms with E-state index in [1.807, 2.05) is 0 Å². The van der Waals surface area contributed by atoms with E-state index in [2.05, 4.69) is 0 Å². The van der Waals surface area contributed by atoms with Gasteiger partial charge in [-0.25, -0.2) is 0 Å². The second kappa shape index (κ2) is 8.21. The van der Waals surface area contributed by atoms with Crippen LogP contribution in [0.1, 0.15) is 38.5 Å². The Morgan fingerprint density at radius 3 is 1.65 bits per heavy atom. The second-order valence-corrected chi connectivity index (χ2v) is 5.14. The molecule has 0 aliphatic carbocycles. The molecule has 114 valence electrons. The van der Waals surface area contributed by atoms with Gasteiger partial charge in [0.1, 0.15) is 13.2 Å². The van der Waals surface area contributed by atoms with Crippen LogP contribution in [-0.4, -0.2) is 50.6 Å². The first-order valence-corrected chi connectivity index (χ1v) is 7.28. The van der Waals surface area contributed by atoms with E-state index in [1.165, 1.54) is 0 Å². The summed E-state index contributed by atoms with van der Waals surface area (Å²) < 4.78 is 20.8. The second-order valence-electron chi connectivity index (χ2n) is 5.14. The van der Waals surface area contributed by atoms with E-state index in [0.717, 1.165) is 38.9 Å². The quantitative estimate of drug-likeness (QED) is 0.655. The van der Waals surface area contributed by atoms with Crippen LogP contribution in [0.15, 0.2) is 0 Å². The van der Waals surface area contributed by atoms with Crippen molar-refractivity contribution in [2.75, 3.05) is 26.4 Å². The average molecular weight is 286 g/mol. The Labute approximate surface area is 118 Å². The minimum Gasteiger partial charge on any atom is -0.463 e. The third-order valence-corrected chi connectivity index (χ3v) is 3.44. The highest BCUT2D eigenvalue weighted by molar-refractivity contribution is 5.77. The van der Waals surface area contributed by atoms with Gasteiger partial charge in [-0.3, -0.25) is 9.59 Å². The average Bonchev–Trinajstić information content (AvgIpc) is 3.13. The SMILES string of the molecule is O=C(CCC(=O)OC[C@@H]1CCCO1)OC[C@H]1CCCO1. The molecule has 0 aromatic carbocycles. The lowest BCUT2D eigenvalue weighted by Gasteiger charge is -2.11. The molecule has 2 saturated heterocycles. The van der Waals surface area contributed by atoms with Crippen LogP contribution in [0.2, 0.25) is 0 Å². The van der Waals surface area contributed by atoms with Gasteiger partial charge in [-0.1, -0.05) is 0 Å². The van der Waals surface area contributed by atoms with E-state index in [9.17, 15) is 9.59 Å². The molecule has 0 radical (unpaired) electrons. The topological polar surface area (TPSA) is 71.1 Å². The predicted molar refractivity (Wildman–Crippen MR) is 69.1 cm³/mol. The highest BCUT2D eigenvalue weighted by atomic mass is 16.6. The number of carbonyl (C=O) groups is 2. The van der Waals surface area contributed by atoms with E-state index in [4.69, 9.17) is 18.9 Å². The van der Waals surface area contributed by atoms with Crippen molar-refractivity contribution in [2.45, 2.75) is 50.7 Å². The van der Waals surface area contributed by atoms with E-state index >= 15 is 0 Å². The smallest absolute Gasteiger partial charge is 0.306 e. The van der Waals surface area contributed by atoms with Crippen molar-refractivity contribution in [3.8, 4) is 0 Å². The Balaban J connectivity index is 1.49. The molecule has 6 nitrogen and oxygen atoms in total. The van der Waals surface area contributed by atoms with Crippen LogP contribution >= 0.6 is 0 Å². The van der Waals surface area contributed by atoms with Crippen LogP contribution < -0.4 is 0 Å². The van der Waals surface area contributed by atoms with Gasteiger partial charge >= 0.3 is 11.9 Å². The lowest BCUT2D eigenvalue weighted by atomic mass is 10.2. The molecule has 2 atom stereocenters.